The summed E-state index contributed by atoms with van der Waals surface area (Å²) >= 11 is 0. The first kappa shape index (κ1) is 10.9. The van der Waals surface area contributed by atoms with Crippen molar-refractivity contribution in [1.29, 1.82) is 0 Å². The molecule has 100 valence electrons. The fourth-order valence-corrected chi connectivity index (χ4v) is 3.15. The number of carbonyl (C=O) groups is 1. The molecule has 0 atom stereocenters. The molecule has 3 aromatic rings. The van der Waals surface area contributed by atoms with Gasteiger partial charge in [-0.25, -0.2) is 0 Å². The lowest BCUT2D eigenvalue weighted by molar-refractivity contribution is 0.104. The van der Waals surface area contributed by atoms with E-state index in [1.807, 2.05) is 24.3 Å². The van der Waals surface area contributed by atoms with Gasteiger partial charge < -0.3 is 9.47 Å². The van der Waals surface area contributed by atoms with Gasteiger partial charge in [0.1, 0.15) is 0 Å². The van der Waals surface area contributed by atoms with E-state index in [0.717, 1.165) is 32.6 Å². The van der Waals surface area contributed by atoms with Crippen molar-refractivity contribution in [3.8, 4) is 11.5 Å². The summed E-state index contributed by atoms with van der Waals surface area (Å²) in [5, 5.41) is 3.85. The molecular formula is C17H9NO3. The number of carbonyl (C=O) groups excluding carboxylic acids is 1. The van der Waals surface area contributed by atoms with Gasteiger partial charge in [-0.15, -0.1) is 0 Å². The summed E-state index contributed by atoms with van der Waals surface area (Å²) in [6, 6.07) is 5.77. The molecule has 2 aromatic carbocycles. The number of benzene rings is 2. The van der Waals surface area contributed by atoms with Crippen LogP contribution in [0, 0.1) is 0 Å². The average Bonchev–Trinajstić information content (AvgIpc) is 2.96. The van der Waals surface area contributed by atoms with Crippen LogP contribution in [-0.4, -0.2) is 17.6 Å². The predicted molar refractivity (Wildman–Crippen MR) is 78.5 cm³/mol. The van der Waals surface area contributed by atoms with Crippen LogP contribution in [-0.2, 0) is 0 Å². The standard InChI is InChI=1S/C17H9NO3/c19-13-3-1-2-10-11(13)7-12-15-9(4-5-18-12)6-14-17(16(10)15)21-8-20-14/h1-7H,8H2. The molecule has 2 heterocycles. The summed E-state index contributed by atoms with van der Waals surface area (Å²) in [7, 11) is 0. The normalized spacial score (nSPS) is 15.5. The molecule has 0 saturated carbocycles. The van der Waals surface area contributed by atoms with Crippen molar-refractivity contribution in [2.45, 2.75) is 0 Å². The van der Waals surface area contributed by atoms with Crippen molar-refractivity contribution in [3.63, 3.8) is 0 Å². The van der Waals surface area contributed by atoms with Crippen LogP contribution in [0.15, 0.2) is 36.5 Å². The Morgan fingerprint density at radius 3 is 3.05 bits per heavy atom. The maximum Gasteiger partial charge on any atom is 0.231 e. The molecule has 1 aliphatic carbocycles. The molecule has 0 unspecified atom stereocenters. The highest BCUT2D eigenvalue weighted by molar-refractivity contribution is 6.18. The number of rotatable bonds is 0. The largest absolute Gasteiger partial charge is 0.454 e. The van der Waals surface area contributed by atoms with Gasteiger partial charge in [0.2, 0.25) is 6.79 Å². The van der Waals surface area contributed by atoms with Gasteiger partial charge in [0.15, 0.2) is 17.3 Å². The van der Waals surface area contributed by atoms with Crippen LogP contribution in [0.4, 0.5) is 0 Å². The zero-order chi connectivity index (χ0) is 14.0. The number of pyridine rings is 1. The number of allylic oxidation sites excluding steroid dienone is 2. The van der Waals surface area contributed by atoms with E-state index in [0.29, 0.717) is 11.3 Å². The maximum atomic E-state index is 12.2. The van der Waals surface area contributed by atoms with Gasteiger partial charge in [-0.2, -0.15) is 0 Å². The van der Waals surface area contributed by atoms with Crippen molar-refractivity contribution in [2.24, 2.45) is 0 Å². The Kier molecular flexibility index (Phi) is 1.86. The van der Waals surface area contributed by atoms with Gasteiger partial charge in [0.25, 0.3) is 0 Å². The van der Waals surface area contributed by atoms with Crippen molar-refractivity contribution >= 4 is 33.5 Å². The number of ketones is 1. The molecule has 1 aliphatic heterocycles. The Labute approximate surface area is 119 Å². The lowest BCUT2D eigenvalue weighted by Gasteiger charge is -2.12. The second-order valence-corrected chi connectivity index (χ2v) is 5.14. The van der Waals surface area contributed by atoms with Gasteiger partial charge in [-0.3, -0.25) is 9.78 Å². The number of fused-ring (bicyclic) bond motifs is 4. The molecule has 0 spiro atoms. The van der Waals surface area contributed by atoms with Crippen LogP contribution in [0.5, 0.6) is 11.5 Å². The van der Waals surface area contributed by atoms with Gasteiger partial charge >= 0.3 is 0 Å². The first-order chi connectivity index (χ1) is 10.3. The highest BCUT2D eigenvalue weighted by atomic mass is 16.7. The summed E-state index contributed by atoms with van der Waals surface area (Å²) in [6.45, 7) is 0.206. The Bertz CT molecular complexity index is 1030. The second-order valence-electron chi connectivity index (χ2n) is 5.14. The molecule has 0 radical (unpaired) electrons. The Morgan fingerprint density at radius 2 is 2.10 bits per heavy atom. The van der Waals surface area contributed by atoms with Crippen molar-refractivity contribution in [1.82, 2.24) is 4.98 Å². The average molecular weight is 275 g/mol. The highest BCUT2D eigenvalue weighted by Gasteiger charge is 2.23. The fraction of sp³-hybridized carbons (Fsp3) is 0.0588. The van der Waals surface area contributed by atoms with E-state index < -0.39 is 0 Å². The third kappa shape index (κ3) is 1.29. The van der Waals surface area contributed by atoms with Crippen LogP contribution in [0.3, 0.4) is 0 Å². The Morgan fingerprint density at radius 1 is 1.14 bits per heavy atom. The summed E-state index contributed by atoms with van der Waals surface area (Å²) < 4.78 is 11.2. The SMILES string of the molecule is O=C1C=CC=c2c1cc1nccc3cc4c(c2c31)OCO4. The van der Waals surface area contributed by atoms with Gasteiger partial charge in [0.05, 0.1) is 5.52 Å². The third-order valence-corrected chi connectivity index (χ3v) is 4.03. The first-order valence-electron chi connectivity index (χ1n) is 6.69. The molecule has 0 bridgehead atoms. The van der Waals surface area contributed by atoms with Crippen molar-refractivity contribution < 1.29 is 14.3 Å². The maximum absolute atomic E-state index is 12.2. The first-order valence-corrected chi connectivity index (χ1v) is 6.69. The summed E-state index contributed by atoms with van der Waals surface area (Å²) in [5.74, 6) is 1.42. The van der Waals surface area contributed by atoms with Crippen LogP contribution < -0.4 is 14.7 Å². The van der Waals surface area contributed by atoms with E-state index in [1.165, 1.54) is 0 Å². The summed E-state index contributed by atoms with van der Waals surface area (Å²) in [6.07, 6.45) is 7.04. The molecule has 21 heavy (non-hydrogen) atoms. The minimum absolute atomic E-state index is 0.00604. The number of ether oxygens (including phenoxy) is 2. The number of nitrogens with zero attached hydrogens (tertiary/aromatic N) is 1. The quantitative estimate of drug-likeness (QED) is 0.632. The fourth-order valence-electron chi connectivity index (χ4n) is 3.15. The third-order valence-electron chi connectivity index (χ3n) is 4.03. The second kappa shape index (κ2) is 3.61. The summed E-state index contributed by atoms with van der Waals surface area (Å²) in [5.41, 5.74) is 1.46. The van der Waals surface area contributed by atoms with Gasteiger partial charge in [-0.05, 0) is 34.9 Å². The van der Waals surface area contributed by atoms with Crippen LogP contribution >= 0.6 is 0 Å². The van der Waals surface area contributed by atoms with E-state index in [1.54, 1.807) is 18.3 Å². The molecule has 0 saturated heterocycles. The summed E-state index contributed by atoms with van der Waals surface area (Å²) in [4.78, 5) is 16.6. The smallest absolute Gasteiger partial charge is 0.231 e. The molecule has 1 aromatic heterocycles. The zero-order valence-electron chi connectivity index (χ0n) is 10.9. The number of hydrogen-bond acceptors (Lipinski definition) is 4. The van der Waals surface area contributed by atoms with E-state index in [-0.39, 0.29) is 12.6 Å². The molecule has 2 aliphatic rings. The molecule has 5 rings (SSSR count). The molecule has 0 N–H and O–H groups in total. The molecule has 4 heteroatoms. The van der Waals surface area contributed by atoms with Gasteiger partial charge in [-0.1, -0.05) is 12.2 Å². The molecule has 0 amide bonds. The number of aromatic nitrogens is 1. The molecule has 0 fully saturated rings. The lowest BCUT2D eigenvalue weighted by atomic mass is 9.93. The zero-order valence-corrected chi connectivity index (χ0v) is 10.9. The topological polar surface area (TPSA) is 48.4 Å². The molecule has 4 nitrogen and oxygen atoms in total. The van der Waals surface area contributed by atoms with Crippen LogP contribution in [0.1, 0.15) is 10.4 Å². The minimum atomic E-state index is -0.00604. The van der Waals surface area contributed by atoms with Crippen molar-refractivity contribution in [3.05, 3.63) is 47.3 Å². The Balaban J connectivity index is 2.16. The van der Waals surface area contributed by atoms with E-state index in [2.05, 4.69) is 4.98 Å². The van der Waals surface area contributed by atoms with Crippen LogP contribution in [0.2, 0.25) is 0 Å². The monoisotopic (exact) mass is 275 g/mol. The van der Waals surface area contributed by atoms with Crippen LogP contribution in [0.25, 0.3) is 27.8 Å². The van der Waals surface area contributed by atoms with E-state index in [9.17, 15) is 4.79 Å². The molecular weight excluding hydrogens is 266 g/mol. The van der Waals surface area contributed by atoms with Gasteiger partial charge in [0, 0.05) is 22.5 Å². The lowest BCUT2D eigenvalue weighted by Crippen LogP contribution is -2.18. The predicted octanol–water partition coefficient (Wildman–Crippen LogP) is 2.37. The minimum Gasteiger partial charge on any atom is -0.454 e. The van der Waals surface area contributed by atoms with E-state index >= 15 is 0 Å². The number of hydrogen-bond donors (Lipinski definition) is 0. The van der Waals surface area contributed by atoms with Crippen molar-refractivity contribution in [2.75, 3.05) is 6.79 Å². The Hall–Kier alpha value is -2.88. The van der Waals surface area contributed by atoms with E-state index in [4.69, 9.17) is 9.47 Å². The highest BCUT2D eigenvalue weighted by Crippen LogP contribution is 2.42.